The summed E-state index contributed by atoms with van der Waals surface area (Å²) in [6.45, 7) is 1.84. The van der Waals surface area contributed by atoms with Crippen LogP contribution in [-0.4, -0.2) is 16.8 Å². The van der Waals surface area contributed by atoms with Gasteiger partial charge < -0.3 is 15.1 Å². The third-order valence-electron chi connectivity index (χ3n) is 5.21. The number of hydrogen-bond acceptors (Lipinski definition) is 4. The van der Waals surface area contributed by atoms with E-state index in [1.165, 1.54) is 0 Å². The summed E-state index contributed by atoms with van der Waals surface area (Å²) >= 11 is 12.2. The van der Waals surface area contributed by atoms with E-state index in [1.807, 2.05) is 13.0 Å². The van der Waals surface area contributed by atoms with Gasteiger partial charge in [-0.05, 0) is 55.0 Å². The molecular weight excluding hydrogens is 473 g/mol. The number of nitrogens with zero attached hydrogens (tertiary/aromatic N) is 1. The summed E-state index contributed by atoms with van der Waals surface area (Å²) in [5.74, 6) is 0.526. The Hall–Kier alpha value is -3.61. The zero-order valence-electron chi connectivity index (χ0n) is 18.3. The van der Waals surface area contributed by atoms with Crippen molar-refractivity contribution in [3.8, 4) is 11.3 Å². The fraction of sp³-hybridized carbons (Fsp3) is 0.115. The number of aryl methyl sites for hydroxylation is 1. The number of rotatable bonds is 7. The molecule has 4 aromatic rings. The highest BCUT2D eigenvalue weighted by atomic mass is 35.5. The van der Waals surface area contributed by atoms with E-state index in [4.69, 9.17) is 27.6 Å². The highest BCUT2D eigenvalue weighted by molar-refractivity contribution is 6.36. The fourth-order valence-electron chi connectivity index (χ4n) is 3.36. The van der Waals surface area contributed by atoms with E-state index < -0.39 is 0 Å². The summed E-state index contributed by atoms with van der Waals surface area (Å²) in [6, 6.07) is 19.4. The lowest BCUT2D eigenvalue weighted by atomic mass is 10.1. The van der Waals surface area contributed by atoms with E-state index in [2.05, 4.69) is 15.6 Å². The average molecular weight is 494 g/mol. The standard InChI is InChI=1S/C26H21Cl2N3O3/c1-16-21(8-5-9-22(16)31-26(33)17-6-3-2-4-7-17)30-24(32)12-13-25-29-15-23(34-25)19-11-10-18(27)14-20(19)28/h2-11,14-15H,12-13H2,1H3,(H,30,32)(H,31,33). The van der Waals surface area contributed by atoms with Crippen molar-refractivity contribution in [2.75, 3.05) is 10.6 Å². The van der Waals surface area contributed by atoms with Crippen LogP contribution in [0.1, 0.15) is 28.2 Å². The van der Waals surface area contributed by atoms with Crippen LogP contribution in [0.4, 0.5) is 11.4 Å². The summed E-state index contributed by atoms with van der Waals surface area (Å²) in [6.07, 6.45) is 2.07. The van der Waals surface area contributed by atoms with Crippen LogP contribution in [0.25, 0.3) is 11.3 Å². The summed E-state index contributed by atoms with van der Waals surface area (Å²) in [7, 11) is 0. The SMILES string of the molecule is Cc1c(NC(=O)CCc2ncc(-c3ccc(Cl)cc3Cl)o2)cccc1NC(=O)c1ccccc1. The highest BCUT2D eigenvalue weighted by Gasteiger charge is 2.14. The predicted molar refractivity (Wildman–Crippen MR) is 134 cm³/mol. The molecule has 2 amide bonds. The van der Waals surface area contributed by atoms with E-state index in [9.17, 15) is 9.59 Å². The molecule has 0 saturated heterocycles. The number of halogens is 2. The second kappa shape index (κ2) is 10.5. The molecule has 6 nitrogen and oxygen atoms in total. The first-order chi connectivity index (χ1) is 16.4. The minimum Gasteiger partial charge on any atom is -0.441 e. The number of aromatic nitrogens is 1. The molecule has 0 atom stereocenters. The Kier molecular flexibility index (Phi) is 7.30. The number of nitrogens with one attached hydrogen (secondary N) is 2. The van der Waals surface area contributed by atoms with Crippen molar-refractivity contribution in [1.82, 2.24) is 4.98 Å². The third kappa shape index (κ3) is 5.65. The molecule has 0 spiro atoms. The van der Waals surface area contributed by atoms with Crippen LogP contribution < -0.4 is 10.6 Å². The molecule has 8 heteroatoms. The van der Waals surface area contributed by atoms with Crippen molar-refractivity contribution >= 4 is 46.4 Å². The van der Waals surface area contributed by atoms with Crippen LogP contribution >= 0.6 is 23.2 Å². The van der Waals surface area contributed by atoms with Gasteiger partial charge in [0.1, 0.15) is 0 Å². The molecule has 0 aliphatic carbocycles. The van der Waals surface area contributed by atoms with Gasteiger partial charge in [0, 0.05) is 40.4 Å². The lowest BCUT2D eigenvalue weighted by molar-refractivity contribution is -0.116. The Morgan fingerprint density at radius 1 is 0.941 bits per heavy atom. The Labute approximate surface area is 206 Å². The minimum absolute atomic E-state index is 0.175. The number of benzene rings is 3. The Morgan fingerprint density at radius 2 is 1.68 bits per heavy atom. The van der Waals surface area contributed by atoms with Crippen LogP contribution in [0, 0.1) is 6.92 Å². The Balaban J connectivity index is 1.37. The smallest absolute Gasteiger partial charge is 0.255 e. The molecule has 0 unspecified atom stereocenters. The maximum atomic E-state index is 12.6. The van der Waals surface area contributed by atoms with Crippen molar-refractivity contribution < 1.29 is 14.0 Å². The number of oxazole rings is 1. The van der Waals surface area contributed by atoms with Gasteiger partial charge in [-0.3, -0.25) is 9.59 Å². The van der Waals surface area contributed by atoms with Gasteiger partial charge in [-0.1, -0.05) is 47.5 Å². The van der Waals surface area contributed by atoms with Gasteiger partial charge in [-0.25, -0.2) is 4.98 Å². The van der Waals surface area contributed by atoms with Gasteiger partial charge in [-0.15, -0.1) is 0 Å². The Morgan fingerprint density at radius 3 is 2.41 bits per heavy atom. The number of anilines is 2. The molecule has 34 heavy (non-hydrogen) atoms. The van der Waals surface area contributed by atoms with Crippen LogP contribution in [-0.2, 0) is 11.2 Å². The van der Waals surface area contributed by atoms with Gasteiger partial charge in [0.2, 0.25) is 5.91 Å². The van der Waals surface area contributed by atoms with Crippen molar-refractivity contribution in [3.05, 3.63) is 100.0 Å². The quantitative estimate of drug-likeness (QED) is 0.297. The van der Waals surface area contributed by atoms with Crippen molar-refractivity contribution in [2.45, 2.75) is 19.8 Å². The summed E-state index contributed by atoms with van der Waals surface area (Å²) in [5.41, 5.74) is 3.25. The number of hydrogen-bond donors (Lipinski definition) is 2. The highest BCUT2D eigenvalue weighted by Crippen LogP contribution is 2.31. The monoisotopic (exact) mass is 493 g/mol. The molecule has 0 radical (unpaired) electrons. The molecule has 2 N–H and O–H groups in total. The van der Waals surface area contributed by atoms with E-state index in [1.54, 1.807) is 66.9 Å². The minimum atomic E-state index is -0.215. The molecule has 0 aliphatic rings. The largest absolute Gasteiger partial charge is 0.441 e. The lowest BCUT2D eigenvalue weighted by Crippen LogP contribution is -2.16. The third-order valence-corrected chi connectivity index (χ3v) is 5.76. The molecule has 1 aromatic heterocycles. The summed E-state index contributed by atoms with van der Waals surface area (Å²) in [5, 5.41) is 6.77. The van der Waals surface area contributed by atoms with E-state index in [0.717, 1.165) is 5.56 Å². The summed E-state index contributed by atoms with van der Waals surface area (Å²) < 4.78 is 5.75. The molecule has 1 heterocycles. The second-order valence-corrected chi connectivity index (χ2v) is 8.43. The molecule has 4 rings (SSSR count). The van der Waals surface area contributed by atoms with Crippen LogP contribution in [0.15, 0.2) is 77.3 Å². The average Bonchev–Trinajstić information content (AvgIpc) is 3.29. The number of amides is 2. The first-order valence-electron chi connectivity index (χ1n) is 10.6. The maximum Gasteiger partial charge on any atom is 0.255 e. The predicted octanol–water partition coefficient (Wildman–Crippen LogP) is 6.78. The van der Waals surface area contributed by atoms with E-state index >= 15 is 0 Å². The van der Waals surface area contributed by atoms with E-state index in [-0.39, 0.29) is 18.2 Å². The van der Waals surface area contributed by atoms with Gasteiger partial charge in [0.05, 0.1) is 11.2 Å². The molecular formula is C26H21Cl2N3O3. The second-order valence-electron chi connectivity index (χ2n) is 7.59. The van der Waals surface area contributed by atoms with Gasteiger partial charge in [0.25, 0.3) is 5.91 Å². The molecule has 172 valence electrons. The summed E-state index contributed by atoms with van der Waals surface area (Å²) in [4.78, 5) is 29.3. The fourth-order valence-corrected chi connectivity index (χ4v) is 3.86. The number of carbonyl (C=O) groups excluding carboxylic acids is 2. The topological polar surface area (TPSA) is 84.2 Å². The molecule has 0 saturated carbocycles. The van der Waals surface area contributed by atoms with Crippen LogP contribution in [0.2, 0.25) is 10.0 Å². The van der Waals surface area contributed by atoms with Gasteiger partial charge >= 0.3 is 0 Å². The zero-order chi connectivity index (χ0) is 24.1. The first-order valence-corrected chi connectivity index (χ1v) is 11.3. The Bertz CT molecular complexity index is 1340. The molecule has 3 aromatic carbocycles. The van der Waals surface area contributed by atoms with Crippen LogP contribution in [0.3, 0.4) is 0 Å². The van der Waals surface area contributed by atoms with Crippen molar-refractivity contribution in [1.29, 1.82) is 0 Å². The van der Waals surface area contributed by atoms with Crippen molar-refractivity contribution in [2.24, 2.45) is 0 Å². The lowest BCUT2D eigenvalue weighted by Gasteiger charge is -2.13. The van der Waals surface area contributed by atoms with Gasteiger partial charge in [0.15, 0.2) is 11.7 Å². The molecule has 0 bridgehead atoms. The first kappa shape index (κ1) is 23.5. The van der Waals surface area contributed by atoms with Crippen molar-refractivity contribution in [3.63, 3.8) is 0 Å². The van der Waals surface area contributed by atoms with E-state index in [0.29, 0.717) is 50.6 Å². The normalized spacial score (nSPS) is 10.7. The maximum absolute atomic E-state index is 12.6. The van der Waals surface area contributed by atoms with Gasteiger partial charge in [-0.2, -0.15) is 0 Å². The molecule has 0 fully saturated rings. The number of carbonyl (C=O) groups is 2. The van der Waals surface area contributed by atoms with Crippen LogP contribution in [0.5, 0.6) is 0 Å². The molecule has 0 aliphatic heterocycles. The zero-order valence-corrected chi connectivity index (χ0v) is 19.8.